The van der Waals surface area contributed by atoms with E-state index in [0.717, 1.165) is 12.8 Å². The number of carboxylic acids is 1. The minimum absolute atomic E-state index is 0.0103. The van der Waals surface area contributed by atoms with Crippen molar-refractivity contribution in [1.29, 1.82) is 0 Å². The highest BCUT2D eigenvalue weighted by Crippen LogP contribution is 2.31. The van der Waals surface area contributed by atoms with Crippen molar-refractivity contribution in [3.63, 3.8) is 0 Å². The van der Waals surface area contributed by atoms with E-state index in [1.165, 1.54) is 0 Å². The van der Waals surface area contributed by atoms with Crippen molar-refractivity contribution in [1.82, 2.24) is 5.32 Å². The molecule has 4 nitrogen and oxygen atoms in total. The SMILES string of the molecule is CC(C)(O)C(C)(C)NC1CCC1C(=O)O. The normalized spacial score (nSPS) is 27.3. The Morgan fingerprint density at radius 3 is 2.07 bits per heavy atom. The van der Waals surface area contributed by atoms with E-state index >= 15 is 0 Å². The first kappa shape index (κ1) is 12.5. The lowest BCUT2D eigenvalue weighted by atomic mass is 9.76. The summed E-state index contributed by atoms with van der Waals surface area (Å²) < 4.78 is 0. The van der Waals surface area contributed by atoms with Crippen molar-refractivity contribution in [2.24, 2.45) is 5.92 Å². The molecule has 1 saturated carbocycles. The molecule has 0 spiro atoms. The van der Waals surface area contributed by atoms with Crippen molar-refractivity contribution in [3.8, 4) is 0 Å². The van der Waals surface area contributed by atoms with Crippen LogP contribution in [0.3, 0.4) is 0 Å². The van der Waals surface area contributed by atoms with Crippen molar-refractivity contribution < 1.29 is 15.0 Å². The fourth-order valence-electron chi connectivity index (χ4n) is 1.61. The molecular weight excluding hydrogens is 194 g/mol. The zero-order chi connectivity index (χ0) is 11.9. The second kappa shape index (κ2) is 3.76. The van der Waals surface area contributed by atoms with Gasteiger partial charge in [-0.1, -0.05) is 0 Å². The lowest BCUT2D eigenvalue weighted by Gasteiger charge is -2.45. The molecule has 1 aliphatic carbocycles. The number of carbonyl (C=O) groups is 1. The summed E-state index contributed by atoms with van der Waals surface area (Å²) in [5.74, 6) is -1.04. The van der Waals surface area contributed by atoms with Gasteiger partial charge < -0.3 is 15.5 Å². The largest absolute Gasteiger partial charge is 0.481 e. The molecule has 0 aromatic carbocycles. The lowest BCUT2D eigenvalue weighted by Crippen LogP contribution is -2.63. The predicted molar refractivity (Wildman–Crippen MR) is 57.7 cm³/mol. The highest BCUT2D eigenvalue weighted by atomic mass is 16.4. The van der Waals surface area contributed by atoms with Gasteiger partial charge in [-0.25, -0.2) is 0 Å². The van der Waals surface area contributed by atoms with Gasteiger partial charge in [0.15, 0.2) is 0 Å². The molecule has 88 valence electrons. The average molecular weight is 215 g/mol. The van der Waals surface area contributed by atoms with Gasteiger partial charge in [0.25, 0.3) is 0 Å². The van der Waals surface area contributed by atoms with Crippen molar-refractivity contribution in [2.75, 3.05) is 0 Å². The fourth-order valence-corrected chi connectivity index (χ4v) is 1.61. The van der Waals surface area contributed by atoms with Crippen LogP contribution in [0.5, 0.6) is 0 Å². The monoisotopic (exact) mass is 215 g/mol. The molecule has 2 atom stereocenters. The Kier molecular flexibility index (Phi) is 3.12. The molecule has 0 amide bonds. The molecule has 1 aliphatic rings. The van der Waals surface area contributed by atoms with Crippen LogP contribution in [0.4, 0.5) is 0 Å². The maximum Gasteiger partial charge on any atom is 0.308 e. The lowest BCUT2D eigenvalue weighted by molar-refractivity contribution is -0.147. The molecule has 0 heterocycles. The van der Waals surface area contributed by atoms with E-state index in [2.05, 4.69) is 5.32 Å². The van der Waals surface area contributed by atoms with Crippen LogP contribution in [0.25, 0.3) is 0 Å². The summed E-state index contributed by atoms with van der Waals surface area (Å²) in [7, 11) is 0. The maximum atomic E-state index is 10.8. The van der Waals surface area contributed by atoms with E-state index in [4.69, 9.17) is 5.11 Å². The molecule has 15 heavy (non-hydrogen) atoms. The number of nitrogens with one attached hydrogen (secondary N) is 1. The third-order valence-corrected chi connectivity index (χ3v) is 3.67. The van der Waals surface area contributed by atoms with Gasteiger partial charge in [0.1, 0.15) is 0 Å². The molecule has 0 saturated heterocycles. The zero-order valence-electron chi connectivity index (χ0n) is 9.87. The van der Waals surface area contributed by atoms with Gasteiger partial charge in [-0.15, -0.1) is 0 Å². The van der Waals surface area contributed by atoms with Crippen LogP contribution < -0.4 is 5.32 Å². The quantitative estimate of drug-likeness (QED) is 0.654. The van der Waals surface area contributed by atoms with E-state index in [1.54, 1.807) is 13.8 Å². The van der Waals surface area contributed by atoms with Crippen LogP contribution in [0.1, 0.15) is 40.5 Å². The average Bonchev–Trinajstić information content (AvgIpc) is 1.94. The first-order valence-electron chi connectivity index (χ1n) is 5.38. The second-order valence-corrected chi connectivity index (χ2v) is 5.46. The molecule has 0 aromatic heterocycles. The summed E-state index contributed by atoms with van der Waals surface area (Å²) in [6, 6.07) is -0.0103. The first-order chi connectivity index (χ1) is 6.65. The van der Waals surface area contributed by atoms with Crippen LogP contribution in [-0.4, -0.2) is 33.4 Å². The first-order valence-corrected chi connectivity index (χ1v) is 5.38. The Morgan fingerprint density at radius 2 is 1.80 bits per heavy atom. The molecular formula is C11H21NO3. The third kappa shape index (κ3) is 2.49. The molecule has 0 bridgehead atoms. The van der Waals surface area contributed by atoms with E-state index in [1.807, 2.05) is 13.8 Å². The van der Waals surface area contributed by atoms with Gasteiger partial charge in [0.2, 0.25) is 0 Å². The van der Waals surface area contributed by atoms with Gasteiger partial charge in [0.05, 0.1) is 11.5 Å². The summed E-state index contributed by atoms with van der Waals surface area (Å²) >= 11 is 0. The van der Waals surface area contributed by atoms with E-state index in [9.17, 15) is 9.90 Å². The minimum atomic E-state index is -0.869. The summed E-state index contributed by atoms with van der Waals surface area (Å²) in [4.78, 5) is 10.8. The third-order valence-electron chi connectivity index (χ3n) is 3.67. The van der Waals surface area contributed by atoms with Crippen LogP contribution in [0, 0.1) is 5.92 Å². The zero-order valence-corrected chi connectivity index (χ0v) is 9.87. The van der Waals surface area contributed by atoms with Gasteiger partial charge in [0, 0.05) is 11.6 Å². The number of rotatable bonds is 4. The van der Waals surface area contributed by atoms with Gasteiger partial charge in [-0.2, -0.15) is 0 Å². The van der Waals surface area contributed by atoms with Gasteiger partial charge in [-0.05, 0) is 40.5 Å². The Morgan fingerprint density at radius 1 is 1.27 bits per heavy atom. The van der Waals surface area contributed by atoms with Crippen molar-refractivity contribution in [2.45, 2.75) is 57.7 Å². The number of aliphatic carboxylic acids is 1. The summed E-state index contributed by atoms with van der Waals surface area (Å²) in [6.45, 7) is 7.25. The topological polar surface area (TPSA) is 69.6 Å². The molecule has 4 heteroatoms. The Labute approximate surface area is 90.7 Å². The number of hydrogen-bond donors (Lipinski definition) is 3. The summed E-state index contributed by atoms with van der Waals surface area (Å²) in [6.07, 6.45) is 1.60. The van der Waals surface area contributed by atoms with Gasteiger partial charge >= 0.3 is 5.97 Å². The van der Waals surface area contributed by atoms with Crippen LogP contribution >= 0.6 is 0 Å². The fraction of sp³-hybridized carbons (Fsp3) is 0.909. The highest BCUT2D eigenvalue weighted by Gasteiger charge is 2.43. The van der Waals surface area contributed by atoms with E-state index in [-0.39, 0.29) is 12.0 Å². The Hall–Kier alpha value is -0.610. The highest BCUT2D eigenvalue weighted by molar-refractivity contribution is 5.72. The summed E-state index contributed by atoms with van der Waals surface area (Å²) in [5.41, 5.74) is -1.35. The molecule has 1 rings (SSSR count). The number of aliphatic hydroxyl groups is 1. The molecule has 0 aliphatic heterocycles. The van der Waals surface area contributed by atoms with E-state index in [0.29, 0.717) is 0 Å². The predicted octanol–water partition coefficient (Wildman–Crippen LogP) is 0.989. The van der Waals surface area contributed by atoms with E-state index < -0.39 is 17.1 Å². The van der Waals surface area contributed by atoms with Gasteiger partial charge in [-0.3, -0.25) is 4.79 Å². The number of carboxylic acid groups (broad SMARTS) is 1. The van der Waals surface area contributed by atoms with Crippen LogP contribution in [0.15, 0.2) is 0 Å². The maximum absolute atomic E-state index is 10.8. The summed E-state index contributed by atoms with van der Waals surface area (Å²) in [5, 5.41) is 22.1. The molecule has 2 unspecified atom stereocenters. The standard InChI is InChI=1S/C11H21NO3/c1-10(2,11(3,4)15)12-8-6-5-7(8)9(13)14/h7-8,12,15H,5-6H2,1-4H3,(H,13,14). The van der Waals surface area contributed by atoms with Crippen molar-refractivity contribution in [3.05, 3.63) is 0 Å². The minimum Gasteiger partial charge on any atom is -0.481 e. The smallest absolute Gasteiger partial charge is 0.308 e. The molecule has 1 fully saturated rings. The number of hydrogen-bond acceptors (Lipinski definition) is 3. The van der Waals surface area contributed by atoms with Crippen LogP contribution in [-0.2, 0) is 4.79 Å². The molecule has 3 N–H and O–H groups in total. The van der Waals surface area contributed by atoms with Crippen LogP contribution in [0.2, 0.25) is 0 Å². The second-order valence-electron chi connectivity index (χ2n) is 5.46. The molecule has 0 radical (unpaired) electrons. The molecule has 0 aromatic rings. The van der Waals surface area contributed by atoms with Crippen molar-refractivity contribution >= 4 is 5.97 Å². The Bertz CT molecular complexity index is 255. The Balaban J connectivity index is 2.59.